The number of furan rings is 1. The van der Waals surface area contributed by atoms with Gasteiger partial charge in [0.2, 0.25) is 0 Å². The Morgan fingerprint density at radius 3 is 3.10 bits per heavy atom. The molecule has 0 saturated heterocycles. The van der Waals surface area contributed by atoms with Crippen LogP contribution in [0.25, 0.3) is 0 Å². The van der Waals surface area contributed by atoms with E-state index < -0.39 is 12.0 Å². The summed E-state index contributed by atoms with van der Waals surface area (Å²) in [6.45, 7) is 3.85. The number of pyridine rings is 1. The lowest BCUT2D eigenvalue weighted by Gasteiger charge is -2.11. The Balaban J connectivity index is 1.98. The molecule has 0 spiro atoms. The average Bonchev–Trinajstić information content (AvgIpc) is 3.05. The molecule has 0 aliphatic heterocycles. The Hall–Kier alpha value is -2.60. The fourth-order valence-electron chi connectivity index (χ4n) is 1.68. The Bertz CT molecular complexity index is 595. The molecule has 2 heterocycles. The minimum absolute atomic E-state index is 0.0177. The number of aliphatic hydroxyl groups is 1. The van der Waals surface area contributed by atoms with Crippen molar-refractivity contribution in [3.8, 4) is 5.75 Å². The van der Waals surface area contributed by atoms with Crippen LogP contribution in [0.5, 0.6) is 5.75 Å². The van der Waals surface area contributed by atoms with Crippen LogP contribution < -0.4 is 10.1 Å². The summed E-state index contributed by atoms with van der Waals surface area (Å²) in [7, 11) is 0. The Morgan fingerprint density at radius 1 is 1.52 bits per heavy atom. The van der Waals surface area contributed by atoms with Gasteiger partial charge in [-0.2, -0.15) is 0 Å². The molecule has 0 saturated carbocycles. The van der Waals surface area contributed by atoms with Crippen LogP contribution in [-0.2, 0) is 0 Å². The summed E-state index contributed by atoms with van der Waals surface area (Å²) in [5, 5.41) is 12.4. The van der Waals surface area contributed by atoms with E-state index in [2.05, 4.69) is 16.9 Å². The van der Waals surface area contributed by atoms with Crippen molar-refractivity contribution in [1.29, 1.82) is 0 Å². The number of rotatable bonds is 7. The third-order valence-electron chi connectivity index (χ3n) is 2.67. The predicted molar refractivity (Wildman–Crippen MR) is 75.9 cm³/mol. The summed E-state index contributed by atoms with van der Waals surface area (Å²) in [4.78, 5) is 16.1. The summed E-state index contributed by atoms with van der Waals surface area (Å²) in [6.07, 6.45) is 3.62. The van der Waals surface area contributed by atoms with Crippen LogP contribution in [-0.4, -0.2) is 29.1 Å². The largest absolute Gasteiger partial charge is 0.487 e. The second-order valence-electron chi connectivity index (χ2n) is 4.19. The molecule has 0 fully saturated rings. The van der Waals surface area contributed by atoms with Gasteiger partial charge < -0.3 is 19.6 Å². The minimum Gasteiger partial charge on any atom is -0.487 e. The number of amides is 1. The monoisotopic (exact) mass is 288 g/mol. The second-order valence-corrected chi connectivity index (χ2v) is 4.19. The normalized spacial score (nSPS) is 11.7. The number of nitrogens with one attached hydrogen (secondary N) is 1. The number of ether oxygens (including phenoxy) is 1. The van der Waals surface area contributed by atoms with Gasteiger partial charge >= 0.3 is 0 Å². The smallest absolute Gasteiger partial charge is 0.273 e. The van der Waals surface area contributed by atoms with Gasteiger partial charge in [0.25, 0.3) is 5.91 Å². The summed E-state index contributed by atoms with van der Waals surface area (Å²) < 4.78 is 10.4. The van der Waals surface area contributed by atoms with E-state index in [1.807, 2.05) is 0 Å². The molecule has 2 aromatic heterocycles. The van der Waals surface area contributed by atoms with Crippen LogP contribution in [0.3, 0.4) is 0 Å². The molecule has 0 bridgehead atoms. The molecule has 0 radical (unpaired) electrons. The van der Waals surface area contributed by atoms with E-state index in [1.165, 1.54) is 12.5 Å². The van der Waals surface area contributed by atoms with Gasteiger partial charge in [-0.1, -0.05) is 12.7 Å². The first-order chi connectivity index (χ1) is 10.2. The fraction of sp³-hybridized carbons (Fsp3) is 0.200. The van der Waals surface area contributed by atoms with Crippen LogP contribution in [0.1, 0.15) is 22.4 Å². The number of carbonyl (C=O) groups excluding carboxylic acids is 1. The first-order valence-corrected chi connectivity index (χ1v) is 6.40. The number of carbonyl (C=O) groups is 1. The third kappa shape index (κ3) is 3.93. The molecule has 0 aliphatic rings. The van der Waals surface area contributed by atoms with Crippen molar-refractivity contribution in [3.05, 3.63) is 60.8 Å². The van der Waals surface area contributed by atoms with Gasteiger partial charge in [-0.25, -0.2) is 4.98 Å². The third-order valence-corrected chi connectivity index (χ3v) is 2.67. The standard InChI is InChI=1S/C15H16N2O4/c1-2-8-20-13-5-3-7-16-14(13)15(19)17-10-11(18)12-6-4-9-21-12/h2-7,9,11,18H,1,8,10H2,(H,17,19). The van der Waals surface area contributed by atoms with Gasteiger partial charge in [-0.15, -0.1) is 0 Å². The van der Waals surface area contributed by atoms with Crippen LogP contribution in [0.15, 0.2) is 53.8 Å². The van der Waals surface area contributed by atoms with E-state index in [0.717, 1.165) is 0 Å². The summed E-state index contributed by atoms with van der Waals surface area (Å²) in [5.41, 5.74) is 0.158. The van der Waals surface area contributed by atoms with Gasteiger partial charge in [-0.3, -0.25) is 4.79 Å². The molecular formula is C15H16N2O4. The zero-order chi connectivity index (χ0) is 15.1. The summed E-state index contributed by atoms with van der Waals surface area (Å²) in [6, 6.07) is 6.62. The molecule has 1 amide bonds. The van der Waals surface area contributed by atoms with E-state index in [9.17, 15) is 9.90 Å². The van der Waals surface area contributed by atoms with E-state index in [1.54, 1.807) is 30.3 Å². The molecule has 2 aromatic rings. The van der Waals surface area contributed by atoms with E-state index in [-0.39, 0.29) is 18.8 Å². The highest BCUT2D eigenvalue weighted by Gasteiger charge is 2.16. The molecule has 1 unspecified atom stereocenters. The SMILES string of the molecule is C=CCOc1cccnc1C(=O)NCC(O)c1ccco1. The number of hydrogen-bond acceptors (Lipinski definition) is 5. The maximum Gasteiger partial charge on any atom is 0.273 e. The summed E-state index contributed by atoms with van der Waals surface area (Å²) in [5.74, 6) is 0.321. The van der Waals surface area contributed by atoms with E-state index >= 15 is 0 Å². The van der Waals surface area contributed by atoms with Crippen molar-refractivity contribution in [3.63, 3.8) is 0 Å². The number of nitrogens with zero attached hydrogens (tertiary/aromatic N) is 1. The van der Waals surface area contributed by atoms with Gasteiger partial charge in [0.05, 0.1) is 12.8 Å². The molecule has 0 aromatic carbocycles. The van der Waals surface area contributed by atoms with Crippen molar-refractivity contribution < 1.29 is 19.1 Å². The fourth-order valence-corrected chi connectivity index (χ4v) is 1.68. The lowest BCUT2D eigenvalue weighted by molar-refractivity contribution is 0.0892. The number of hydrogen-bond donors (Lipinski definition) is 2. The van der Waals surface area contributed by atoms with Crippen molar-refractivity contribution in [2.24, 2.45) is 0 Å². The zero-order valence-electron chi connectivity index (χ0n) is 11.4. The van der Waals surface area contributed by atoms with Crippen LogP contribution in [0.4, 0.5) is 0 Å². The summed E-state index contributed by atoms with van der Waals surface area (Å²) >= 11 is 0. The van der Waals surface area contributed by atoms with Gasteiger partial charge in [0.15, 0.2) is 11.4 Å². The molecule has 6 nitrogen and oxygen atoms in total. The van der Waals surface area contributed by atoms with Crippen LogP contribution in [0.2, 0.25) is 0 Å². The molecule has 0 aliphatic carbocycles. The van der Waals surface area contributed by atoms with Gasteiger partial charge in [-0.05, 0) is 24.3 Å². The highest BCUT2D eigenvalue weighted by atomic mass is 16.5. The highest BCUT2D eigenvalue weighted by Crippen LogP contribution is 2.16. The van der Waals surface area contributed by atoms with Crippen molar-refractivity contribution in [1.82, 2.24) is 10.3 Å². The lowest BCUT2D eigenvalue weighted by Crippen LogP contribution is -2.29. The van der Waals surface area contributed by atoms with Crippen LogP contribution >= 0.6 is 0 Å². The minimum atomic E-state index is -0.912. The van der Waals surface area contributed by atoms with E-state index in [0.29, 0.717) is 11.5 Å². The quantitative estimate of drug-likeness (QED) is 0.758. The molecule has 2 rings (SSSR count). The number of aromatic nitrogens is 1. The van der Waals surface area contributed by atoms with Crippen molar-refractivity contribution in [2.45, 2.75) is 6.10 Å². The first kappa shape index (κ1) is 14.8. The zero-order valence-corrected chi connectivity index (χ0v) is 11.4. The van der Waals surface area contributed by atoms with E-state index in [4.69, 9.17) is 9.15 Å². The van der Waals surface area contributed by atoms with Crippen molar-refractivity contribution >= 4 is 5.91 Å². The molecule has 2 N–H and O–H groups in total. The average molecular weight is 288 g/mol. The Labute approximate surface area is 122 Å². The number of aliphatic hydroxyl groups excluding tert-OH is 1. The predicted octanol–water partition coefficient (Wildman–Crippen LogP) is 1.70. The molecular weight excluding hydrogens is 272 g/mol. The maximum absolute atomic E-state index is 12.1. The maximum atomic E-state index is 12.1. The molecule has 110 valence electrons. The van der Waals surface area contributed by atoms with Gasteiger partial charge in [0, 0.05) is 6.20 Å². The molecule has 1 atom stereocenters. The highest BCUT2D eigenvalue weighted by molar-refractivity contribution is 5.94. The Morgan fingerprint density at radius 2 is 2.38 bits per heavy atom. The van der Waals surface area contributed by atoms with Crippen molar-refractivity contribution in [2.75, 3.05) is 13.2 Å². The molecule has 21 heavy (non-hydrogen) atoms. The lowest BCUT2D eigenvalue weighted by atomic mass is 10.2. The molecule has 6 heteroatoms. The first-order valence-electron chi connectivity index (χ1n) is 6.40. The topological polar surface area (TPSA) is 84.6 Å². The van der Waals surface area contributed by atoms with Crippen LogP contribution in [0, 0.1) is 0 Å². The van der Waals surface area contributed by atoms with Gasteiger partial charge in [0.1, 0.15) is 18.5 Å². The Kier molecular flexibility index (Phi) is 5.11. The second kappa shape index (κ2) is 7.25.